The molecule has 4 N–H and O–H groups in total. The molecule has 112 valence electrons. The highest BCUT2D eigenvalue weighted by Gasteiger charge is 2.48. The van der Waals surface area contributed by atoms with Crippen molar-refractivity contribution in [2.45, 2.75) is 56.4 Å². The minimum Gasteiger partial charge on any atom is -0.318 e. The minimum atomic E-state index is -0.157. The van der Waals surface area contributed by atoms with E-state index in [4.69, 9.17) is 5.73 Å². The molecule has 2 fully saturated rings. The number of hydrazine groups is 1. The summed E-state index contributed by atoms with van der Waals surface area (Å²) in [5, 5.41) is 0. The van der Waals surface area contributed by atoms with Crippen LogP contribution in [0.3, 0.4) is 0 Å². The second-order valence-electron chi connectivity index (χ2n) is 6.38. The zero-order chi connectivity index (χ0) is 14.4. The van der Waals surface area contributed by atoms with E-state index in [-0.39, 0.29) is 24.2 Å². The van der Waals surface area contributed by atoms with Crippen molar-refractivity contribution in [2.24, 2.45) is 5.73 Å². The fraction of sp³-hybridized carbons (Fsp3) is 0.562. The molecule has 21 heavy (non-hydrogen) atoms. The molecule has 5 nitrogen and oxygen atoms in total. The molecule has 3 atom stereocenters. The zero-order valence-corrected chi connectivity index (χ0v) is 12.1. The van der Waals surface area contributed by atoms with Crippen molar-refractivity contribution in [3.8, 4) is 0 Å². The normalized spacial score (nSPS) is 32.9. The number of benzene rings is 1. The molecule has 1 aliphatic carbocycles. The third kappa shape index (κ3) is 1.99. The Kier molecular flexibility index (Phi) is 3.21. The van der Waals surface area contributed by atoms with Gasteiger partial charge in [0, 0.05) is 17.5 Å². The molecule has 5 heteroatoms. The van der Waals surface area contributed by atoms with Gasteiger partial charge < -0.3 is 10.6 Å². The van der Waals surface area contributed by atoms with Crippen LogP contribution >= 0.6 is 0 Å². The van der Waals surface area contributed by atoms with Crippen LogP contribution in [0.4, 0.5) is 0 Å². The van der Waals surface area contributed by atoms with Gasteiger partial charge in [-0.05, 0) is 24.5 Å². The van der Waals surface area contributed by atoms with E-state index in [0.29, 0.717) is 6.04 Å². The van der Waals surface area contributed by atoms with E-state index in [1.54, 1.807) is 0 Å². The molecule has 0 aromatic heterocycles. The molecule has 1 aromatic rings. The van der Waals surface area contributed by atoms with Gasteiger partial charge >= 0.3 is 0 Å². The molecule has 1 saturated carbocycles. The van der Waals surface area contributed by atoms with Crippen LogP contribution in [-0.2, 0) is 0 Å². The first-order valence-corrected chi connectivity index (χ1v) is 7.95. The van der Waals surface area contributed by atoms with Gasteiger partial charge in [0.2, 0.25) is 0 Å². The summed E-state index contributed by atoms with van der Waals surface area (Å²) < 4.78 is 0. The van der Waals surface area contributed by atoms with Crippen molar-refractivity contribution in [3.63, 3.8) is 0 Å². The average Bonchev–Trinajstić information content (AvgIpc) is 2.91. The Bertz CT molecular complexity index is 555. The van der Waals surface area contributed by atoms with E-state index >= 15 is 0 Å². The summed E-state index contributed by atoms with van der Waals surface area (Å²) in [6.07, 6.45) is 5.75. The van der Waals surface area contributed by atoms with Crippen molar-refractivity contribution in [1.82, 2.24) is 15.8 Å². The molecule has 2 aliphatic heterocycles. The number of carbonyl (C=O) groups is 1. The Morgan fingerprint density at radius 2 is 1.86 bits per heavy atom. The highest BCUT2D eigenvalue weighted by atomic mass is 16.2. The van der Waals surface area contributed by atoms with E-state index in [1.165, 1.54) is 19.3 Å². The molecule has 4 rings (SSSR count). The summed E-state index contributed by atoms with van der Waals surface area (Å²) in [6.45, 7) is 0. The summed E-state index contributed by atoms with van der Waals surface area (Å²) in [5.41, 5.74) is 14.5. The number of rotatable bonds is 1. The largest absolute Gasteiger partial charge is 0.318 e. The predicted molar refractivity (Wildman–Crippen MR) is 80.3 cm³/mol. The number of nitrogens with two attached hydrogens (primary N) is 1. The molecule has 0 spiro atoms. The SMILES string of the molecule is NC1NNC2C1c1ccccc1C(=O)N2C1CCCCC1. The van der Waals surface area contributed by atoms with Crippen LogP contribution in [0.15, 0.2) is 24.3 Å². The first-order valence-electron chi connectivity index (χ1n) is 7.95. The lowest BCUT2D eigenvalue weighted by molar-refractivity contribution is 0.0408. The van der Waals surface area contributed by atoms with E-state index in [2.05, 4.69) is 15.8 Å². The van der Waals surface area contributed by atoms with E-state index in [0.717, 1.165) is 24.0 Å². The molecular formula is C16H22N4O. The number of hydrogen-bond donors (Lipinski definition) is 3. The van der Waals surface area contributed by atoms with Crippen LogP contribution in [0, 0.1) is 0 Å². The molecule has 1 aromatic carbocycles. The van der Waals surface area contributed by atoms with Crippen LogP contribution in [0.2, 0.25) is 0 Å². The molecule has 2 heterocycles. The summed E-state index contributed by atoms with van der Waals surface area (Å²) in [6, 6.07) is 8.25. The topological polar surface area (TPSA) is 70.4 Å². The molecule has 3 aliphatic rings. The summed E-state index contributed by atoms with van der Waals surface area (Å²) >= 11 is 0. The van der Waals surface area contributed by atoms with Crippen LogP contribution in [-0.4, -0.2) is 29.2 Å². The Morgan fingerprint density at radius 3 is 2.67 bits per heavy atom. The molecule has 3 unspecified atom stereocenters. The Hall–Kier alpha value is -1.43. The van der Waals surface area contributed by atoms with Gasteiger partial charge in [0.15, 0.2) is 0 Å². The summed E-state index contributed by atoms with van der Waals surface area (Å²) in [4.78, 5) is 15.0. The van der Waals surface area contributed by atoms with E-state index in [9.17, 15) is 4.79 Å². The van der Waals surface area contributed by atoms with Crippen molar-refractivity contribution >= 4 is 5.91 Å². The lowest BCUT2D eigenvalue weighted by Crippen LogP contribution is -2.57. The van der Waals surface area contributed by atoms with Crippen molar-refractivity contribution in [1.29, 1.82) is 0 Å². The monoisotopic (exact) mass is 286 g/mol. The third-order valence-electron chi connectivity index (χ3n) is 5.18. The number of nitrogens with one attached hydrogen (secondary N) is 2. The molecule has 1 saturated heterocycles. The van der Waals surface area contributed by atoms with Crippen molar-refractivity contribution < 1.29 is 4.79 Å². The average molecular weight is 286 g/mol. The van der Waals surface area contributed by atoms with Gasteiger partial charge in [0.25, 0.3) is 5.91 Å². The summed E-state index contributed by atoms with van der Waals surface area (Å²) in [5.74, 6) is 0.281. The van der Waals surface area contributed by atoms with Gasteiger partial charge in [-0.2, -0.15) is 0 Å². The Balaban J connectivity index is 1.77. The number of hydrogen-bond acceptors (Lipinski definition) is 4. The Labute approximate surface area is 124 Å². The fourth-order valence-electron chi connectivity index (χ4n) is 4.16. The van der Waals surface area contributed by atoms with Gasteiger partial charge in [-0.15, -0.1) is 0 Å². The maximum Gasteiger partial charge on any atom is 0.255 e. The number of amides is 1. The molecule has 1 amide bonds. The predicted octanol–water partition coefficient (Wildman–Crippen LogP) is 1.28. The smallest absolute Gasteiger partial charge is 0.255 e. The molecule has 0 radical (unpaired) electrons. The highest BCUT2D eigenvalue weighted by molar-refractivity contribution is 5.97. The maximum absolute atomic E-state index is 13.0. The van der Waals surface area contributed by atoms with Crippen LogP contribution in [0.25, 0.3) is 0 Å². The first-order chi connectivity index (χ1) is 10.3. The third-order valence-corrected chi connectivity index (χ3v) is 5.18. The molecule has 0 bridgehead atoms. The lowest BCUT2D eigenvalue weighted by Gasteiger charge is -2.44. The molecular weight excluding hydrogens is 264 g/mol. The zero-order valence-electron chi connectivity index (χ0n) is 12.1. The van der Waals surface area contributed by atoms with Crippen molar-refractivity contribution in [3.05, 3.63) is 35.4 Å². The lowest BCUT2D eigenvalue weighted by atomic mass is 9.83. The number of carbonyl (C=O) groups excluding carboxylic acids is 1. The van der Waals surface area contributed by atoms with Gasteiger partial charge in [-0.3, -0.25) is 4.79 Å². The minimum absolute atomic E-state index is 0.0227. The first kappa shape index (κ1) is 13.2. The van der Waals surface area contributed by atoms with Crippen LogP contribution in [0.1, 0.15) is 53.9 Å². The second kappa shape index (κ2) is 5.09. The maximum atomic E-state index is 13.0. The standard InChI is InChI=1S/C16H22N4O/c17-14-13-11-8-4-5-9-12(11)16(21)20(15(13)19-18-14)10-6-2-1-3-7-10/h4-5,8-10,13-15,18-19H,1-3,6-7,17H2. The van der Waals surface area contributed by atoms with Gasteiger partial charge in [0.05, 0.1) is 6.17 Å². The second-order valence-corrected chi connectivity index (χ2v) is 6.38. The van der Waals surface area contributed by atoms with Gasteiger partial charge in [0.1, 0.15) is 6.17 Å². The summed E-state index contributed by atoms with van der Waals surface area (Å²) in [7, 11) is 0. The van der Waals surface area contributed by atoms with E-state index < -0.39 is 0 Å². The number of fused-ring (bicyclic) bond motifs is 3. The van der Waals surface area contributed by atoms with Crippen LogP contribution in [0.5, 0.6) is 0 Å². The quantitative estimate of drug-likeness (QED) is 0.727. The fourth-order valence-corrected chi connectivity index (χ4v) is 4.16. The Morgan fingerprint density at radius 1 is 1.10 bits per heavy atom. The van der Waals surface area contributed by atoms with Crippen LogP contribution < -0.4 is 16.6 Å². The van der Waals surface area contributed by atoms with E-state index in [1.807, 2.05) is 24.3 Å². The number of nitrogens with zero attached hydrogens (tertiary/aromatic N) is 1. The highest BCUT2D eigenvalue weighted by Crippen LogP contribution is 2.38. The van der Waals surface area contributed by atoms with Gasteiger partial charge in [-0.25, -0.2) is 10.9 Å². The van der Waals surface area contributed by atoms with Gasteiger partial charge in [-0.1, -0.05) is 37.5 Å². The van der Waals surface area contributed by atoms with Crippen molar-refractivity contribution in [2.75, 3.05) is 0 Å².